The molecule has 0 amide bonds. The lowest BCUT2D eigenvalue weighted by Crippen LogP contribution is -2.59. The van der Waals surface area contributed by atoms with E-state index in [1.54, 1.807) is 7.05 Å². The van der Waals surface area contributed by atoms with Crippen molar-refractivity contribution in [3.63, 3.8) is 0 Å². The quantitative estimate of drug-likeness (QED) is 0.681. The first-order chi connectivity index (χ1) is 7.53. The summed E-state index contributed by atoms with van der Waals surface area (Å²) in [7, 11) is 3.20. The molecule has 16 heavy (non-hydrogen) atoms. The van der Waals surface area contributed by atoms with Gasteiger partial charge in [-0.15, -0.1) is 0 Å². The molecule has 0 aromatic heterocycles. The maximum atomic E-state index is 11.7. The summed E-state index contributed by atoms with van der Waals surface area (Å²) in [6.07, 6.45) is 0. The molecule has 1 aliphatic rings. The second-order valence-corrected chi connectivity index (χ2v) is 4.47. The van der Waals surface area contributed by atoms with Crippen LogP contribution in [0.2, 0.25) is 0 Å². The van der Waals surface area contributed by atoms with Gasteiger partial charge in [-0.3, -0.25) is 9.69 Å². The highest BCUT2D eigenvalue weighted by Crippen LogP contribution is 2.13. The van der Waals surface area contributed by atoms with Crippen LogP contribution < -0.4 is 5.32 Å². The molecule has 2 unspecified atom stereocenters. The lowest BCUT2D eigenvalue weighted by molar-refractivity contribution is -0.149. The molecule has 5 heteroatoms. The van der Waals surface area contributed by atoms with Crippen molar-refractivity contribution in [3.05, 3.63) is 0 Å². The number of likely N-dealkylation sites (N-methyl/N-ethyl adjacent to an activating group) is 1. The smallest absolute Gasteiger partial charge is 0.327 e. The lowest BCUT2D eigenvalue weighted by atomic mass is 10.0. The minimum absolute atomic E-state index is 0.228. The summed E-state index contributed by atoms with van der Waals surface area (Å²) in [5, 5.41) is 3.04. The van der Waals surface area contributed by atoms with Crippen molar-refractivity contribution in [1.82, 2.24) is 10.2 Å². The fraction of sp³-hybridized carbons (Fsp3) is 0.909. The van der Waals surface area contributed by atoms with Gasteiger partial charge in [-0.25, -0.2) is 0 Å². The van der Waals surface area contributed by atoms with E-state index >= 15 is 0 Å². The zero-order valence-corrected chi connectivity index (χ0v) is 10.6. The third-order valence-corrected chi connectivity index (χ3v) is 3.21. The number of carbonyl (C=O) groups is 1. The standard InChI is InChI=1S/C11H22N2O3/c1-9-7-16-6-5-13(9)8-11(2,12-3)10(14)15-4/h9,12H,5-8H2,1-4H3. The number of hydrogen-bond acceptors (Lipinski definition) is 5. The Kier molecular flexibility index (Phi) is 4.70. The van der Waals surface area contributed by atoms with Gasteiger partial charge < -0.3 is 14.8 Å². The average Bonchev–Trinajstić information content (AvgIpc) is 2.31. The number of hydrogen-bond donors (Lipinski definition) is 1. The van der Waals surface area contributed by atoms with Crippen LogP contribution in [0.15, 0.2) is 0 Å². The van der Waals surface area contributed by atoms with Gasteiger partial charge in [-0.05, 0) is 20.9 Å². The van der Waals surface area contributed by atoms with Gasteiger partial charge in [0.2, 0.25) is 0 Å². The van der Waals surface area contributed by atoms with E-state index in [0.29, 0.717) is 12.6 Å². The molecule has 0 saturated carbocycles. The van der Waals surface area contributed by atoms with Gasteiger partial charge in [-0.2, -0.15) is 0 Å². The van der Waals surface area contributed by atoms with Crippen molar-refractivity contribution in [2.24, 2.45) is 0 Å². The predicted molar refractivity (Wildman–Crippen MR) is 61.3 cm³/mol. The molecule has 94 valence electrons. The van der Waals surface area contributed by atoms with Gasteiger partial charge in [0.15, 0.2) is 0 Å². The predicted octanol–water partition coefficient (Wildman–Crippen LogP) is -0.142. The Hall–Kier alpha value is -0.650. The monoisotopic (exact) mass is 230 g/mol. The number of morpholine rings is 1. The summed E-state index contributed by atoms with van der Waals surface area (Å²) in [5.74, 6) is -0.228. The van der Waals surface area contributed by atoms with E-state index in [2.05, 4.69) is 17.1 Å². The zero-order valence-electron chi connectivity index (χ0n) is 10.6. The van der Waals surface area contributed by atoms with Gasteiger partial charge >= 0.3 is 5.97 Å². The third kappa shape index (κ3) is 2.93. The van der Waals surface area contributed by atoms with Crippen LogP contribution in [0, 0.1) is 0 Å². The van der Waals surface area contributed by atoms with Crippen LogP contribution in [0.3, 0.4) is 0 Å². The molecule has 1 fully saturated rings. The minimum atomic E-state index is -0.652. The average molecular weight is 230 g/mol. The minimum Gasteiger partial charge on any atom is -0.468 e. The molecule has 0 bridgehead atoms. The van der Waals surface area contributed by atoms with Gasteiger partial charge in [0, 0.05) is 19.1 Å². The zero-order chi connectivity index (χ0) is 12.2. The van der Waals surface area contributed by atoms with Gasteiger partial charge in [0.05, 0.1) is 20.3 Å². The van der Waals surface area contributed by atoms with E-state index in [-0.39, 0.29) is 5.97 Å². The van der Waals surface area contributed by atoms with Gasteiger partial charge in [0.1, 0.15) is 5.54 Å². The van der Waals surface area contributed by atoms with Crippen LogP contribution in [0.1, 0.15) is 13.8 Å². The molecule has 0 aromatic carbocycles. The summed E-state index contributed by atoms with van der Waals surface area (Å²) in [6, 6.07) is 0.339. The highest BCUT2D eigenvalue weighted by atomic mass is 16.5. The molecule has 1 aliphatic heterocycles. The molecular weight excluding hydrogens is 208 g/mol. The Bertz CT molecular complexity index is 247. The van der Waals surface area contributed by atoms with Gasteiger partial charge in [-0.1, -0.05) is 0 Å². The maximum Gasteiger partial charge on any atom is 0.327 e. The van der Waals surface area contributed by atoms with Crippen LogP contribution >= 0.6 is 0 Å². The maximum absolute atomic E-state index is 11.7. The molecule has 0 spiro atoms. The van der Waals surface area contributed by atoms with Gasteiger partial charge in [0.25, 0.3) is 0 Å². The van der Waals surface area contributed by atoms with Crippen LogP contribution in [-0.2, 0) is 14.3 Å². The largest absolute Gasteiger partial charge is 0.468 e. The SMILES string of the molecule is CNC(C)(CN1CCOCC1C)C(=O)OC. The number of esters is 1. The first-order valence-electron chi connectivity index (χ1n) is 5.62. The molecule has 5 nitrogen and oxygen atoms in total. The molecule has 1 rings (SSSR count). The fourth-order valence-electron chi connectivity index (χ4n) is 1.87. The third-order valence-electron chi connectivity index (χ3n) is 3.21. The molecule has 0 aliphatic carbocycles. The topological polar surface area (TPSA) is 50.8 Å². The van der Waals surface area contributed by atoms with E-state index in [9.17, 15) is 4.79 Å². The highest BCUT2D eigenvalue weighted by molar-refractivity contribution is 5.80. The van der Waals surface area contributed by atoms with E-state index in [4.69, 9.17) is 9.47 Å². The summed E-state index contributed by atoms with van der Waals surface area (Å²) in [4.78, 5) is 13.9. The van der Waals surface area contributed by atoms with Crippen molar-refractivity contribution in [2.45, 2.75) is 25.4 Å². The Morgan fingerprint density at radius 1 is 1.69 bits per heavy atom. The molecule has 1 heterocycles. The summed E-state index contributed by atoms with van der Waals surface area (Å²) in [5.41, 5.74) is -0.652. The van der Waals surface area contributed by atoms with Crippen molar-refractivity contribution >= 4 is 5.97 Å². The van der Waals surface area contributed by atoms with Crippen LogP contribution in [0.25, 0.3) is 0 Å². The molecular formula is C11H22N2O3. The molecule has 1 saturated heterocycles. The van der Waals surface area contributed by atoms with Crippen LogP contribution in [-0.4, -0.2) is 62.9 Å². The molecule has 2 atom stereocenters. The Balaban J connectivity index is 2.64. The van der Waals surface area contributed by atoms with Crippen molar-refractivity contribution < 1.29 is 14.3 Å². The van der Waals surface area contributed by atoms with E-state index in [0.717, 1.165) is 19.8 Å². The van der Waals surface area contributed by atoms with Crippen LogP contribution in [0.4, 0.5) is 0 Å². The van der Waals surface area contributed by atoms with E-state index in [1.165, 1.54) is 7.11 Å². The highest BCUT2D eigenvalue weighted by Gasteiger charge is 2.36. The lowest BCUT2D eigenvalue weighted by Gasteiger charge is -2.38. The fourth-order valence-corrected chi connectivity index (χ4v) is 1.87. The number of methoxy groups -OCH3 is 1. The summed E-state index contributed by atoms with van der Waals surface area (Å²) in [6.45, 7) is 6.91. The number of nitrogens with zero attached hydrogens (tertiary/aromatic N) is 1. The second kappa shape index (κ2) is 5.61. The molecule has 0 radical (unpaired) electrons. The van der Waals surface area contributed by atoms with Crippen molar-refractivity contribution in [1.29, 1.82) is 0 Å². The first-order valence-corrected chi connectivity index (χ1v) is 5.62. The van der Waals surface area contributed by atoms with Crippen molar-refractivity contribution in [2.75, 3.05) is 40.5 Å². The van der Waals surface area contributed by atoms with Crippen molar-refractivity contribution in [3.8, 4) is 0 Å². The number of nitrogens with one attached hydrogen (secondary N) is 1. The Morgan fingerprint density at radius 3 is 2.88 bits per heavy atom. The normalized spacial score (nSPS) is 26.1. The summed E-state index contributed by atoms with van der Waals surface area (Å²) >= 11 is 0. The number of carbonyl (C=O) groups excluding carboxylic acids is 1. The first kappa shape index (κ1) is 13.4. The molecule has 1 N–H and O–H groups in total. The van der Waals surface area contributed by atoms with E-state index in [1.807, 2.05) is 6.92 Å². The summed E-state index contributed by atoms with van der Waals surface area (Å²) < 4.78 is 10.2. The Labute approximate surface area is 97.1 Å². The van der Waals surface area contributed by atoms with Crippen LogP contribution in [0.5, 0.6) is 0 Å². The molecule has 0 aromatic rings. The number of ether oxygens (including phenoxy) is 2. The van der Waals surface area contributed by atoms with E-state index < -0.39 is 5.54 Å². The Morgan fingerprint density at radius 2 is 2.38 bits per heavy atom. The second-order valence-electron chi connectivity index (χ2n) is 4.47. The number of rotatable bonds is 4.